The van der Waals surface area contributed by atoms with Crippen molar-refractivity contribution in [3.63, 3.8) is 0 Å². The average molecular weight is 276 g/mol. The average Bonchev–Trinajstić information content (AvgIpc) is 2.82. The molecule has 1 aliphatic rings. The topological polar surface area (TPSA) is 50.4 Å². The molecule has 0 saturated carbocycles. The third-order valence-corrected chi connectivity index (χ3v) is 3.68. The van der Waals surface area contributed by atoms with Crippen molar-refractivity contribution < 1.29 is 9.53 Å². The Balaban J connectivity index is 2.06. The van der Waals surface area contributed by atoms with E-state index in [0.29, 0.717) is 6.61 Å². The van der Waals surface area contributed by atoms with Crippen LogP contribution in [0.4, 0.5) is 5.69 Å². The fourth-order valence-electron chi connectivity index (χ4n) is 2.40. The summed E-state index contributed by atoms with van der Waals surface area (Å²) in [6.07, 6.45) is 1.95. The lowest BCUT2D eigenvalue weighted by Crippen LogP contribution is -2.46. The van der Waals surface area contributed by atoms with Crippen LogP contribution in [0.5, 0.6) is 0 Å². The van der Waals surface area contributed by atoms with Gasteiger partial charge in [0.25, 0.3) is 5.91 Å². The van der Waals surface area contributed by atoms with Crippen molar-refractivity contribution in [1.29, 1.82) is 0 Å². The quantitative estimate of drug-likeness (QED) is 0.869. The van der Waals surface area contributed by atoms with E-state index in [4.69, 9.17) is 4.74 Å². The van der Waals surface area contributed by atoms with Crippen molar-refractivity contribution >= 4 is 11.6 Å². The Morgan fingerprint density at radius 3 is 2.85 bits per heavy atom. The summed E-state index contributed by atoms with van der Waals surface area (Å²) in [5.41, 5.74) is 2.56. The van der Waals surface area contributed by atoms with E-state index in [2.05, 4.69) is 17.6 Å². The van der Waals surface area contributed by atoms with E-state index in [-0.39, 0.29) is 11.4 Å². The van der Waals surface area contributed by atoms with Crippen LogP contribution in [0, 0.1) is 6.92 Å². The van der Waals surface area contributed by atoms with Gasteiger partial charge in [0.2, 0.25) is 0 Å². The Bertz CT molecular complexity index is 479. The van der Waals surface area contributed by atoms with E-state index in [1.807, 2.05) is 32.0 Å². The van der Waals surface area contributed by atoms with E-state index < -0.39 is 0 Å². The molecule has 4 heteroatoms. The van der Waals surface area contributed by atoms with Crippen LogP contribution >= 0.6 is 0 Å². The zero-order chi connectivity index (χ0) is 14.6. The highest BCUT2D eigenvalue weighted by atomic mass is 16.5. The van der Waals surface area contributed by atoms with Crippen molar-refractivity contribution in [2.24, 2.45) is 0 Å². The standard InChI is InChI=1S/C16H24N2O2/c1-4-8-17-13-5-6-14(12(2)10-13)15(19)18-16(3)7-9-20-11-16/h5-6,10,17H,4,7-9,11H2,1-3H3,(H,18,19). The summed E-state index contributed by atoms with van der Waals surface area (Å²) in [4.78, 5) is 12.4. The number of aryl methyl sites for hydroxylation is 1. The zero-order valence-electron chi connectivity index (χ0n) is 12.6. The number of hydrogen-bond donors (Lipinski definition) is 2. The molecule has 0 radical (unpaired) electrons. The molecule has 110 valence electrons. The van der Waals surface area contributed by atoms with Crippen molar-refractivity contribution in [2.45, 2.75) is 39.2 Å². The van der Waals surface area contributed by atoms with Crippen LogP contribution in [0.15, 0.2) is 18.2 Å². The first-order valence-corrected chi connectivity index (χ1v) is 7.29. The molecule has 2 rings (SSSR count). The van der Waals surface area contributed by atoms with Crippen LogP contribution in [0.1, 0.15) is 42.6 Å². The molecule has 1 aromatic rings. The normalized spacial score (nSPS) is 21.8. The molecule has 1 fully saturated rings. The Hall–Kier alpha value is -1.55. The van der Waals surface area contributed by atoms with Gasteiger partial charge in [-0.3, -0.25) is 4.79 Å². The van der Waals surface area contributed by atoms with Gasteiger partial charge in [0.05, 0.1) is 12.1 Å². The van der Waals surface area contributed by atoms with Gasteiger partial charge in [0.15, 0.2) is 0 Å². The van der Waals surface area contributed by atoms with E-state index in [1.54, 1.807) is 0 Å². The summed E-state index contributed by atoms with van der Waals surface area (Å²) >= 11 is 0. The smallest absolute Gasteiger partial charge is 0.252 e. The molecule has 1 atom stereocenters. The highest BCUT2D eigenvalue weighted by Gasteiger charge is 2.31. The Labute approximate surface area is 120 Å². The first-order chi connectivity index (χ1) is 9.54. The predicted octanol–water partition coefficient (Wildman–Crippen LogP) is 2.73. The van der Waals surface area contributed by atoms with Gasteiger partial charge >= 0.3 is 0 Å². The molecule has 0 aliphatic carbocycles. The maximum atomic E-state index is 12.4. The molecule has 1 heterocycles. The highest BCUT2D eigenvalue weighted by Crippen LogP contribution is 2.20. The van der Waals surface area contributed by atoms with Crippen molar-refractivity contribution in [1.82, 2.24) is 5.32 Å². The number of amides is 1. The fourth-order valence-corrected chi connectivity index (χ4v) is 2.40. The van der Waals surface area contributed by atoms with Gasteiger partial charge in [-0.25, -0.2) is 0 Å². The summed E-state index contributed by atoms with van der Waals surface area (Å²) in [6.45, 7) is 8.39. The number of anilines is 1. The fraction of sp³-hybridized carbons (Fsp3) is 0.562. The van der Waals surface area contributed by atoms with Crippen LogP contribution in [-0.4, -0.2) is 31.2 Å². The van der Waals surface area contributed by atoms with E-state index >= 15 is 0 Å². The van der Waals surface area contributed by atoms with Crippen molar-refractivity contribution in [2.75, 3.05) is 25.1 Å². The van der Waals surface area contributed by atoms with Crippen LogP contribution in [0.3, 0.4) is 0 Å². The molecule has 20 heavy (non-hydrogen) atoms. The summed E-state index contributed by atoms with van der Waals surface area (Å²) in [5.74, 6) is -0.0162. The van der Waals surface area contributed by atoms with E-state index in [0.717, 1.165) is 42.8 Å². The maximum Gasteiger partial charge on any atom is 0.252 e. The molecule has 1 unspecified atom stereocenters. The van der Waals surface area contributed by atoms with Gasteiger partial charge in [0.1, 0.15) is 0 Å². The maximum absolute atomic E-state index is 12.4. The predicted molar refractivity (Wildman–Crippen MR) is 81.3 cm³/mol. The lowest BCUT2D eigenvalue weighted by Gasteiger charge is -2.24. The molecule has 1 aliphatic heterocycles. The van der Waals surface area contributed by atoms with Crippen LogP contribution in [-0.2, 0) is 4.74 Å². The monoisotopic (exact) mass is 276 g/mol. The highest BCUT2D eigenvalue weighted by molar-refractivity contribution is 5.96. The molecule has 0 spiro atoms. The molecule has 1 aromatic carbocycles. The minimum Gasteiger partial charge on any atom is -0.385 e. The molecule has 4 nitrogen and oxygen atoms in total. The molecule has 0 bridgehead atoms. The summed E-state index contributed by atoms with van der Waals surface area (Å²) in [5, 5.41) is 6.42. The van der Waals surface area contributed by atoms with Crippen molar-refractivity contribution in [3.8, 4) is 0 Å². The van der Waals surface area contributed by atoms with Gasteiger partial charge < -0.3 is 15.4 Å². The van der Waals surface area contributed by atoms with Gasteiger partial charge in [-0.05, 0) is 50.5 Å². The first-order valence-electron chi connectivity index (χ1n) is 7.29. The summed E-state index contributed by atoms with van der Waals surface area (Å²) in [6, 6.07) is 5.88. The second-order valence-corrected chi connectivity index (χ2v) is 5.77. The number of nitrogens with one attached hydrogen (secondary N) is 2. The molecule has 1 saturated heterocycles. The summed E-state index contributed by atoms with van der Waals surface area (Å²) < 4.78 is 5.37. The number of ether oxygens (including phenoxy) is 1. The number of benzene rings is 1. The Morgan fingerprint density at radius 2 is 2.25 bits per heavy atom. The molecule has 1 amide bonds. The number of carbonyl (C=O) groups is 1. The number of rotatable bonds is 5. The zero-order valence-corrected chi connectivity index (χ0v) is 12.6. The van der Waals surface area contributed by atoms with Gasteiger partial charge in [-0.2, -0.15) is 0 Å². The van der Waals surface area contributed by atoms with E-state index in [9.17, 15) is 4.79 Å². The second kappa shape index (κ2) is 6.27. The molecular formula is C16H24N2O2. The van der Waals surface area contributed by atoms with Crippen LogP contribution in [0.2, 0.25) is 0 Å². The number of hydrogen-bond acceptors (Lipinski definition) is 3. The molecule has 0 aromatic heterocycles. The van der Waals surface area contributed by atoms with Crippen molar-refractivity contribution in [3.05, 3.63) is 29.3 Å². The number of carbonyl (C=O) groups excluding carboxylic acids is 1. The largest absolute Gasteiger partial charge is 0.385 e. The third kappa shape index (κ3) is 3.51. The van der Waals surface area contributed by atoms with Crippen LogP contribution < -0.4 is 10.6 Å². The third-order valence-electron chi connectivity index (χ3n) is 3.68. The van der Waals surface area contributed by atoms with Gasteiger partial charge in [-0.1, -0.05) is 6.92 Å². The lowest BCUT2D eigenvalue weighted by atomic mass is 10.00. The Kier molecular flexibility index (Phi) is 4.65. The second-order valence-electron chi connectivity index (χ2n) is 5.77. The molecular weight excluding hydrogens is 252 g/mol. The Morgan fingerprint density at radius 1 is 1.45 bits per heavy atom. The van der Waals surface area contributed by atoms with Gasteiger partial charge in [-0.15, -0.1) is 0 Å². The molecule has 2 N–H and O–H groups in total. The van der Waals surface area contributed by atoms with Crippen LogP contribution in [0.25, 0.3) is 0 Å². The lowest BCUT2D eigenvalue weighted by molar-refractivity contribution is 0.0889. The minimum atomic E-state index is -0.233. The minimum absolute atomic E-state index is 0.0162. The summed E-state index contributed by atoms with van der Waals surface area (Å²) in [7, 11) is 0. The van der Waals surface area contributed by atoms with E-state index in [1.165, 1.54) is 0 Å². The van der Waals surface area contributed by atoms with Gasteiger partial charge in [0, 0.05) is 24.4 Å². The first kappa shape index (κ1) is 14.9. The SMILES string of the molecule is CCCNc1ccc(C(=O)NC2(C)CCOC2)c(C)c1.